The van der Waals surface area contributed by atoms with Crippen LogP contribution in [0.3, 0.4) is 0 Å². The Labute approximate surface area is 171 Å². The van der Waals surface area contributed by atoms with Crippen molar-refractivity contribution >= 4 is 43.5 Å². The number of carbonyl (C=O) groups is 1. The van der Waals surface area contributed by atoms with Crippen molar-refractivity contribution in [1.82, 2.24) is 14.5 Å². The van der Waals surface area contributed by atoms with Gasteiger partial charge in [0.25, 0.3) is 0 Å². The van der Waals surface area contributed by atoms with Gasteiger partial charge in [0.1, 0.15) is 11.4 Å². The Morgan fingerprint density at radius 1 is 1.26 bits per heavy atom. The molecule has 0 radical (unpaired) electrons. The Bertz CT molecular complexity index is 827. The normalized spacial score (nSPS) is 15.6. The number of halogens is 1. The van der Waals surface area contributed by atoms with Crippen LogP contribution in [0.1, 0.15) is 44.9 Å². The van der Waals surface area contributed by atoms with E-state index in [0.717, 1.165) is 54.6 Å². The van der Waals surface area contributed by atoms with Crippen LogP contribution < -0.4 is 4.87 Å². The molecule has 2 aromatic heterocycles. The van der Waals surface area contributed by atoms with Gasteiger partial charge in [0, 0.05) is 30.4 Å². The summed E-state index contributed by atoms with van der Waals surface area (Å²) in [6.45, 7) is 1.93. The zero-order valence-electron chi connectivity index (χ0n) is 15.4. The molecule has 0 aliphatic carbocycles. The third kappa shape index (κ3) is 5.39. The van der Waals surface area contributed by atoms with Crippen LogP contribution in [0.15, 0.2) is 21.5 Å². The largest absolute Gasteiger partial charge is 0.396 e. The SMILES string of the molecule is O=C(Cn1c(=O)sc2ncc(Br)cc21)N1CCC(CCCCCCO)CC1. The zero-order chi connectivity index (χ0) is 19.2. The molecule has 0 bridgehead atoms. The molecule has 3 heterocycles. The van der Waals surface area contributed by atoms with Crippen LogP contribution in [0.25, 0.3) is 10.3 Å². The predicted octanol–water partition coefficient (Wildman–Crippen LogP) is 3.40. The first-order valence-corrected chi connectivity index (χ1v) is 11.2. The number of piperidine rings is 1. The number of carbonyl (C=O) groups excluding carboxylic acids is 1. The molecule has 1 aliphatic heterocycles. The molecular formula is C19H26BrN3O3S. The molecule has 27 heavy (non-hydrogen) atoms. The van der Waals surface area contributed by atoms with Crippen molar-refractivity contribution in [2.24, 2.45) is 5.92 Å². The summed E-state index contributed by atoms with van der Waals surface area (Å²) in [5, 5.41) is 8.81. The van der Waals surface area contributed by atoms with E-state index in [9.17, 15) is 9.59 Å². The highest BCUT2D eigenvalue weighted by molar-refractivity contribution is 9.10. The quantitative estimate of drug-likeness (QED) is 0.618. The second-order valence-corrected chi connectivity index (χ2v) is 9.04. The number of aromatic nitrogens is 2. The number of fused-ring (bicyclic) bond motifs is 1. The van der Waals surface area contributed by atoms with Crippen LogP contribution in [0, 0.1) is 5.92 Å². The molecule has 1 amide bonds. The molecule has 2 aromatic rings. The first-order chi connectivity index (χ1) is 13.1. The van der Waals surface area contributed by atoms with E-state index in [1.54, 1.807) is 6.20 Å². The molecule has 1 aliphatic rings. The summed E-state index contributed by atoms with van der Waals surface area (Å²) in [5.41, 5.74) is 0.713. The van der Waals surface area contributed by atoms with E-state index in [1.807, 2.05) is 11.0 Å². The fourth-order valence-electron chi connectivity index (χ4n) is 3.68. The predicted molar refractivity (Wildman–Crippen MR) is 111 cm³/mol. The Hall–Kier alpha value is -1.25. The highest BCUT2D eigenvalue weighted by Crippen LogP contribution is 2.24. The number of thiazole rings is 1. The van der Waals surface area contributed by atoms with E-state index in [-0.39, 0.29) is 23.9 Å². The van der Waals surface area contributed by atoms with E-state index in [0.29, 0.717) is 16.3 Å². The van der Waals surface area contributed by atoms with Crippen molar-refractivity contribution < 1.29 is 9.90 Å². The number of rotatable bonds is 8. The van der Waals surface area contributed by atoms with Gasteiger partial charge < -0.3 is 10.0 Å². The lowest BCUT2D eigenvalue weighted by Gasteiger charge is -2.32. The molecule has 6 nitrogen and oxygen atoms in total. The number of amides is 1. The zero-order valence-corrected chi connectivity index (χ0v) is 17.8. The van der Waals surface area contributed by atoms with Crippen molar-refractivity contribution in [3.8, 4) is 0 Å². The minimum absolute atomic E-state index is 0.0122. The number of hydrogen-bond acceptors (Lipinski definition) is 5. The molecule has 1 fully saturated rings. The minimum atomic E-state index is -0.137. The lowest BCUT2D eigenvalue weighted by molar-refractivity contribution is -0.133. The Balaban J connectivity index is 1.51. The molecule has 0 aromatic carbocycles. The van der Waals surface area contributed by atoms with Gasteiger partial charge in [-0.05, 0) is 47.2 Å². The fourth-order valence-corrected chi connectivity index (χ4v) is 4.82. The maximum atomic E-state index is 12.7. The average molecular weight is 456 g/mol. The van der Waals surface area contributed by atoms with Crippen molar-refractivity contribution in [3.63, 3.8) is 0 Å². The molecule has 148 valence electrons. The van der Waals surface area contributed by atoms with Crippen molar-refractivity contribution in [1.29, 1.82) is 0 Å². The summed E-state index contributed by atoms with van der Waals surface area (Å²) in [5.74, 6) is 0.700. The topological polar surface area (TPSA) is 75.4 Å². The van der Waals surface area contributed by atoms with Gasteiger partial charge in [0.2, 0.25) is 5.91 Å². The smallest absolute Gasteiger partial charge is 0.310 e. The van der Waals surface area contributed by atoms with Gasteiger partial charge in [0.05, 0.1) is 5.52 Å². The van der Waals surface area contributed by atoms with Gasteiger partial charge in [-0.15, -0.1) is 0 Å². The molecule has 0 unspecified atom stereocenters. The van der Waals surface area contributed by atoms with E-state index in [1.165, 1.54) is 23.8 Å². The Morgan fingerprint density at radius 2 is 2.00 bits per heavy atom. The van der Waals surface area contributed by atoms with Crippen LogP contribution in [0.5, 0.6) is 0 Å². The first-order valence-electron chi connectivity index (χ1n) is 9.62. The molecular weight excluding hydrogens is 430 g/mol. The average Bonchev–Trinajstić information content (AvgIpc) is 2.97. The molecule has 0 saturated carbocycles. The Morgan fingerprint density at radius 3 is 2.74 bits per heavy atom. The highest BCUT2D eigenvalue weighted by atomic mass is 79.9. The van der Waals surface area contributed by atoms with Gasteiger partial charge in [0.15, 0.2) is 0 Å². The number of hydrogen-bond donors (Lipinski definition) is 1. The van der Waals surface area contributed by atoms with Crippen molar-refractivity contribution in [2.45, 2.75) is 51.5 Å². The summed E-state index contributed by atoms with van der Waals surface area (Å²) in [6, 6.07) is 1.84. The summed E-state index contributed by atoms with van der Waals surface area (Å²) < 4.78 is 2.33. The minimum Gasteiger partial charge on any atom is -0.396 e. The van der Waals surface area contributed by atoms with Gasteiger partial charge in [-0.2, -0.15) is 0 Å². The maximum absolute atomic E-state index is 12.7. The van der Waals surface area contributed by atoms with Gasteiger partial charge in [-0.1, -0.05) is 37.0 Å². The molecule has 1 N–H and O–H groups in total. The second kappa shape index (κ2) is 9.80. The number of unbranched alkanes of at least 4 members (excludes halogenated alkanes) is 3. The van der Waals surface area contributed by atoms with E-state index in [4.69, 9.17) is 5.11 Å². The van der Waals surface area contributed by atoms with Gasteiger partial charge in [-0.3, -0.25) is 14.2 Å². The van der Waals surface area contributed by atoms with Crippen molar-refractivity contribution in [3.05, 3.63) is 26.4 Å². The third-order valence-corrected chi connectivity index (χ3v) is 6.61. The maximum Gasteiger partial charge on any atom is 0.310 e. The van der Waals surface area contributed by atoms with E-state index < -0.39 is 0 Å². The number of aliphatic hydroxyl groups excluding tert-OH is 1. The summed E-state index contributed by atoms with van der Waals surface area (Å²) >= 11 is 4.46. The van der Waals surface area contributed by atoms with Crippen LogP contribution >= 0.6 is 27.3 Å². The van der Waals surface area contributed by atoms with E-state index in [2.05, 4.69) is 20.9 Å². The highest BCUT2D eigenvalue weighted by Gasteiger charge is 2.23. The van der Waals surface area contributed by atoms with Crippen molar-refractivity contribution in [2.75, 3.05) is 19.7 Å². The molecule has 8 heteroatoms. The van der Waals surface area contributed by atoms with Gasteiger partial charge in [-0.25, -0.2) is 4.98 Å². The molecule has 0 spiro atoms. The molecule has 3 rings (SSSR count). The summed E-state index contributed by atoms with van der Waals surface area (Å²) in [6.07, 6.45) is 9.34. The lowest BCUT2D eigenvalue weighted by atomic mass is 9.91. The van der Waals surface area contributed by atoms with Crippen LogP contribution in [-0.2, 0) is 11.3 Å². The summed E-state index contributed by atoms with van der Waals surface area (Å²) in [7, 11) is 0. The standard InChI is InChI=1S/C19H26BrN3O3S/c20-15-11-16-18(21-12-15)27-19(26)23(16)13-17(25)22-8-6-14(7-9-22)5-3-1-2-4-10-24/h11-12,14,24H,1-10,13H2. The first kappa shape index (κ1) is 20.5. The third-order valence-electron chi connectivity index (χ3n) is 5.28. The number of aliphatic hydroxyl groups is 1. The number of likely N-dealkylation sites (tertiary alicyclic amines) is 1. The monoisotopic (exact) mass is 455 g/mol. The fraction of sp³-hybridized carbons (Fsp3) is 0.632. The van der Waals surface area contributed by atoms with E-state index >= 15 is 0 Å². The summed E-state index contributed by atoms with van der Waals surface area (Å²) in [4.78, 5) is 31.6. The Kier molecular flexibility index (Phi) is 7.43. The molecule has 0 atom stereocenters. The van der Waals surface area contributed by atoms with Crippen LogP contribution in [0.4, 0.5) is 0 Å². The van der Waals surface area contributed by atoms with Crippen LogP contribution in [-0.4, -0.2) is 45.2 Å². The molecule has 1 saturated heterocycles. The lowest BCUT2D eigenvalue weighted by Crippen LogP contribution is -2.41. The van der Waals surface area contributed by atoms with Gasteiger partial charge >= 0.3 is 4.87 Å². The van der Waals surface area contributed by atoms with Crippen LogP contribution in [0.2, 0.25) is 0 Å². The number of pyridine rings is 1. The number of nitrogens with zero attached hydrogens (tertiary/aromatic N) is 3. The second-order valence-electron chi connectivity index (χ2n) is 7.18.